The highest BCUT2D eigenvalue weighted by Crippen LogP contribution is 2.31. The molecule has 1 unspecified atom stereocenters. The molecule has 1 atom stereocenters. The molecule has 1 aromatic heterocycles. The van der Waals surface area contributed by atoms with Crippen molar-refractivity contribution in [3.63, 3.8) is 0 Å². The summed E-state index contributed by atoms with van der Waals surface area (Å²) >= 11 is 1.83. The number of aryl methyl sites for hydroxylation is 2. The van der Waals surface area contributed by atoms with Crippen molar-refractivity contribution in [2.45, 2.75) is 26.3 Å². The van der Waals surface area contributed by atoms with Crippen LogP contribution in [0.1, 0.15) is 28.3 Å². The molecule has 0 aliphatic rings. The van der Waals surface area contributed by atoms with Gasteiger partial charge in [-0.2, -0.15) is 0 Å². The first-order valence-electron chi connectivity index (χ1n) is 7.38. The molecule has 1 heterocycles. The molecule has 0 fully saturated rings. The Morgan fingerprint density at radius 1 is 1.05 bits per heavy atom. The Balaban J connectivity index is 1.93. The first-order chi connectivity index (χ1) is 10.2. The molecule has 0 radical (unpaired) electrons. The van der Waals surface area contributed by atoms with Crippen molar-refractivity contribution >= 4 is 21.4 Å². The molecule has 21 heavy (non-hydrogen) atoms. The molecule has 3 aromatic rings. The van der Waals surface area contributed by atoms with E-state index in [1.165, 1.54) is 32.3 Å². The number of rotatable bonds is 4. The maximum atomic E-state index is 3.49. The van der Waals surface area contributed by atoms with Crippen molar-refractivity contribution in [1.82, 2.24) is 5.32 Å². The van der Waals surface area contributed by atoms with E-state index in [2.05, 4.69) is 74.1 Å². The Morgan fingerprint density at radius 3 is 2.62 bits per heavy atom. The summed E-state index contributed by atoms with van der Waals surface area (Å²) in [6, 6.07) is 15.8. The Kier molecular flexibility index (Phi) is 4.09. The first-order valence-corrected chi connectivity index (χ1v) is 8.26. The number of hydrogen-bond donors (Lipinski definition) is 1. The predicted octanol–water partition coefficient (Wildman–Crippen LogP) is 5.02. The van der Waals surface area contributed by atoms with Gasteiger partial charge < -0.3 is 5.32 Å². The molecule has 0 aliphatic heterocycles. The number of hydrogen-bond acceptors (Lipinski definition) is 2. The molecule has 0 bridgehead atoms. The Hall–Kier alpha value is -1.64. The van der Waals surface area contributed by atoms with E-state index in [1.807, 2.05) is 11.3 Å². The fraction of sp³-hybridized carbons (Fsp3) is 0.263. The van der Waals surface area contributed by atoms with E-state index in [-0.39, 0.29) is 0 Å². The lowest BCUT2D eigenvalue weighted by Crippen LogP contribution is -2.18. The molecule has 0 aliphatic carbocycles. The monoisotopic (exact) mass is 295 g/mol. The van der Waals surface area contributed by atoms with Crippen molar-refractivity contribution in [3.05, 3.63) is 70.1 Å². The molecular weight excluding hydrogens is 274 g/mol. The van der Waals surface area contributed by atoms with Crippen LogP contribution in [0.4, 0.5) is 0 Å². The topological polar surface area (TPSA) is 12.0 Å². The van der Waals surface area contributed by atoms with E-state index in [0.29, 0.717) is 6.04 Å². The lowest BCUT2D eigenvalue weighted by atomic mass is 9.96. The Labute approximate surface area is 130 Å². The summed E-state index contributed by atoms with van der Waals surface area (Å²) in [5.74, 6) is 0. The van der Waals surface area contributed by atoms with Gasteiger partial charge in [-0.15, -0.1) is 11.3 Å². The molecule has 1 nitrogen and oxygen atoms in total. The van der Waals surface area contributed by atoms with E-state index in [9.17, 15) is 0 Å². The van der Waals surface area contributed by atoms with E-state index in [0.717, 1.165) is 6.42 Å². The van der Waals surface area contributed by atoms with Gasteiger partial charge in [0.05, 0.1) is 0 Å². The molecule has 1 N–H and O–H groups in total. The summed E-state index contributed by atoms with van der Waals surface area (Å²) in [6.07, 6.45) is 1.03. The van der Waals surface area contributed by atoms with Gasteiger partial charge in [0.15, 0.2) is 0 Å². The molecule has 0 saturated heterocycles. The third-order valence-electron chi connectivity index (χ3n) is 4.25. The van der Waals surface area contributed by atoms with Gasteiger partial charge in [-0.25, -0.2) is 0 Å². The highest BCUT2D eigenvalue weighted by atomic mass is 32.1. The van der Waals surface area contributed by atoms with Crippen molar-refractivity contribution in [2.75, 3.05) is 7.05 Å². The van der Waals surface area contributed by atoms with Crippen molar-refractivity contribution in [1.29, 1.82) is 0 Å². The van der Waals surface area contributed by atoms with Crippen LogP contribution in [-0.2, 0) is 6.42 Å². The summed E-state index contributed by atoms with van der Waals surface area (Å²) in [5, 5.41) is 7.16. The molecule has 0 amide bonds. The average molecular weight is 295 g/mol. The zero-order valence-corrected chi connectivity index (χ0v) is 13.6. The summed E-state index contributed by atoms with van der Waals surface area (Å²) in [5.41, 5.74) is 5.54. The number of nitrogens with one attached hydrogen (secondary N) is 1. The average Bonchev–Trinajstić information content (AvgIpc) is 2.92. The second-order valence-corrected chi connectivity index (χ2v) is 6.56. The molecule has 2 aromatic carbocycles. The molecular formula is C19H21NS. The van der Waals surface area contributed by atoms with Crippen molar-refractivity contribution < 1.29 is 0 Å². The Bertz CT molecular complexity index is 757. The Morgan fingerprint density at radius 2 is 1.86 bits per heavy atom. The minimum Gasteiger partial charge on any atom is -0.313 e. The molecule has 0 spiro atoms. The van der Waals surface area contributed by atoms with Crippen molar-refractivity contribution in [3.8, 4) is 0 Å². The highest BCUT2D eigenvalue weighted by Gasteiger charge is 2.15. The molecule has 2 heteroatoms. The van der Waals surface area contributed by atoms with Crippen LogP contribution in [0.2, 0.25) is 0 Å². The zero-order valence-electron chi connectivity index (χ0n) is 12.8. The second-order valence-electron chi connectivity index (χ2n) is 5.65. The van der Waals surface area contributed by atoms with Gasteiger partial charge in [-0.05, 0) is 66.4 Å². The maximum absolute atomic E-state index is 3.49. The lowest BCUT2D eigenvalue weighted by molar-refractivity contribution is 0.597. The van der Waals surface area contributed by atoms with Crippen LogP contribution in [0.25, 0.3) is 10.1 Å². The molecule has 3 rings (SSSR count). The van der Waals surface area contributed by atoms with Crippen LogP contribution in [0.15, 0.2) is 47.8 Å². The number of fused-ring (bicyclic) bond motifs is 1. The van der Waals surface area contributed by atoms with Crippen LogP contribution in [0.3, 0.4) is 0 Å². The van der Waals surface area contributed by atoms with Gasteiger partial charge in [-0.3, -0.25) is 0 Å². The summed E-state index contributed by atoms with van der Waals surface area (Å²) in [4.78, 5) is 0. The first kappa shape index (κ1) is 14.3. The van der Waals surface area contributed by atoms with E-state index in [4.69, 9.17) is 0 Å². The fourth-order valence-electron chi connectivity index (χ4n) is 2.80. The van der Waals surface area contributed by atoms with Gasteiger partial charge in [0.1, 0.15) is 0 Å². The minimum atomic E-state index is 0.364. The van der Waals surface area contributed by atoms with E-state index in [1.54, 1.807) is 0 Å². The van der Waals surface area contributed by atoms with E-state index < -0.39 is 0 Å². The largest absolute Gasteiger partial charge is 0.313 e. The SMILES string of the molecule is CNC(Cc1ccc(C)c(C)c1)c1csc2ccccc12. The van der Waals surface area contributed by atoms with Crippen LogP contribution in [0, 0.1) is 13.8 Å². The second kappa shape index (κ2) is 6.00. The third kappa shape index (κ3) is 2.87. The van der Waals surface area contributed by atoms with Crippen LogP contribution in [0.5, 0.6) is 0 Å². The molecule has 0 saturated carbocycles. The highest BCUT2D eigenvalue weighted by molar-refractivity contribution is 7.17. The van der Waals surface area contributed by atoms with Gasteiger partial charge >= 0.3 is 0 Å². The number of thiophene rings is 1. The summed E-state index contributed by atoms with van der Waals surface area (Å²) < 4.78 is 1.37. The van der Waals surface area contributed by atoms with Crippen LogP contribution < -0.4 is 5.32 Å². The van der Waals surface area contributed by atoms with Crippen molar-refractivity contribution in [2.24, 2.45) is 0 Å². The van der Waals surface area contributed by atoms with Gasteiger partial charge in [0.25, 0.3) is 0 Å². The third-order valence-corrected chi connectivity index (χ3v) is 5.23. The zero-order chi connectivity index (χ0) is 14.8. The normalized spacial score (nSPS) is 12.7. The predicted molar refractivity (Wildman–Crippen MR) is 93.2 cm³/mol. The van der Waals surface area contributed by atoms with Crippen LogP contribution >= 0.6 is 11.3 Å². The standard InChI is InChI=1S/C19H21NS/c1-13-8-9-15(10-14(13)2)11-18(20-3)17-12-21-19-7-5-4-6-16(17)19/h4-10,12,18,20H,11H2,1-3H3. The van der Waals surface area contributed by atoms with Crippen LogP contribution in [-0.4, -0.2) is 7.05 Å². The maximum Gasteiger partial charge on any atom is 0.0372 e. The summed E-state index contributed by atoms with van der Waals surface area (Å²) in [7, 11) is 2.05. The van der Waals surface area contributed by atoms with Gasteiger partial charge in [0, 0.05) is 10.7 Å². The molecule has 108 valence electrons. The number of likely N-dealkylation sites (N-methyl/N-ethyl adjacent to an activating group) is 1. The van der Waals surface area contributed by atoms with E-state index >= 15 is 0 Å². The van der Waals surface area contributed by atoms with Gasteiger partial charge in [0.2, 0.25) is 0 Å². The number of benzene rings is 2. The quantitative estimate of drug-likeness (QED) is 0.712. The lowest BCUT2D eigenvalue weighted by Gasteiger charge is -2.17. The van der Waals surface area contributed by atoms with Gasteiger partial charge in [-0.1, -0.05) is 36.4 Å². The minimum absolute atomic E-state index is 0.364. The summed E-state index contributed by atoms with van der Waals surface area (Å²) in [6.45, 7) is 4.36. The smallest absolute Gasteiger partial charge is 0.0372 e. The fourth-order valence-corrected chi connectivity index (χ4v) is 3.82.